The molecule has 8 nitrogen and oxygen atoms in total. The third-order valence-electron chi connectivity index (χ3n) is 3.74. The number of rotatable bonds is 3. The van der Waals surface area contributed by atoms with Crippen LogP contribution in [0, 0.1) is 0 Å². The summed E-state index contributed by atoms with van der Waals surface area (Å²) in [5, 5.41) is 13.3. The largest absolute Gasteiger partial charge is 0.354 e. The Labute approximate surface area is 135 Å². The van der Waals surface area contributed by atoms with Crippen molar-refractivity contribution in [2.75, 3.05) is 36.0 Å². The van der Waals surface area contributed by atoms with E-state index in [0.29, 0.717) is 25.5 Å². The first-order valence-corrected chi connectivity index (χ1v) is 8.86. The lowest BCUT2D eigenvalue weighted by Gasteiger charge is -2.24. The lowest BCUT2D eigenvalue weighted by atomic mass is 10.3. The van der Waals surface area contributed by atoms with E-state index in [1.807, 2.05) is 17.0 Å². The van der Waals surface area contributed by atoms with Gasteiger partial charge < -0.3 is 9.80 Å². The molecule has 0 bridgehead atoms. The van der Waals surface area contributed by atoms with Crippen LogP contribution in [0.2, 0.25) is 0 Å². The van der Waals surface area contributed by atoms with E-state index >= 15 is 0 Å². The molecule has 0 amide bonds. The second kappa shape index (κ2) is 6.47. The quantitative estimate of drug-likeness (QED) is 0.857. The maximum Gasteiger partial charge on any atom is 0.241 e. The zero-order chi connectivity index (χ0) is 16.3. The van der Waals surface area contributed by atoms with Gasteiger partial charge in [0.25, 0.3) is 0 Å². The summed E-state index contributed by atoms with van der Waals surface area (Å²) in [6, 6.07) is 6.83. The van der Waals surface area contributed by atoms with E-state index in [0.717, 1.165) is 18.8 Å². The summed E-state index contributed by atoms with van der Waals surface area (Å²) >= 11 is 0. The van der Waals surface area contributed by atoms with Crippen molar-refractivity contribution >= 4 is 21.7 Å². The molecule has 1 saturated heterocycles. The zero-order valence-corrected chi connectivity index (χ0v) is 13.4. The smallest absolute Gasteiger partial charge is 0.241 e. The van der Waals surface area contributed by atoms with Crippen LogP contribution in [0.4, 0.5) is 11.6 Å². The Morgan fingerprint density at radius 3 is 2.48 bits per heavy atom. The molecule has 1 fully saturated rings. The second-order valence-corrected chi connectivity index (χ2v) is 6.81. The minimum atomic E-state index is -3.80. The fourth-order valence-electron chi connectivity index (χ4n) is 2.66. The number of hydrogen-bond acceptors (Lipinski definition) is 7. The summed E-state index contributed by atoms with van der Waals surface area (Å²) < 4.78 is 23.5. The minimum absolute atomic E-state index is 0.0629. The van der Waals surface area contributed by atoms with E-state index < -0.39 is 10.0 Å². The number of anilines is 2. The normalized spacial score (nSPS) is 16.2. The van der Waals surface area contributed by atoms with Crippen molar-refractivity contribution in [1.82, 2.24) is 15.2 Å². The van der Waals surface area contributed by atoms with Crippen LogP contribution in [0.1, 0.15) is 6.42 Å². The van der Waals surface area contributed by atoms with Gasteiger partial charge in [0.15, 0.2) is 5.82 Å². The summed E-state index contributed by atoms with van der Waals surface area (Å²) in [7, 11) is -3.80. The highest BCUT2D eigenvalue weighted by molar-refractivity contribution is 7.89. The molecule has 2 N–H and O–H groups in total. The average Bonchev–Trinajstić information content (AvgIpc) is 2.81. The molecule has 0 aromatic carbocycles. The molecule has 2 aromatic heterocycles. The maximum absolute atomic E-state index is 11.8. The van der Waals surface area contributed by atoms with Gasteiger partial charge >= 0.3 is 0 Å². The molecule has 0 saturated carbocycles. The molecule has 0 aliphatic carbocycles. The number of aromatic nitrogens is 3. The van der Waals surface area contributed by atoms with Gasteiger partial charge in [0.2, 0.25) is 10.0 Å². The third-order valence-corrected chi connectivity index (χ3v) is 4.67. The Morgan fingerprint density at radius 2 is 1.74 bits per heavy atom. The monoisotopic (exact) mass is 334 g/mol. The maximum atomic E-state index is 11.8. The molecular formula is C14H18N6O2S. The van der Waals surface area contributed by atoms with E-state index in [-0.39, 0.29) is 4.90 Å². The van der Waals surface area contributed by atoms with Crippen LogP contribution in [0.3, 0.4) is 0 Å². The van der Waals surface area contributed by atoms with Crippen molar-refractivity contribution < 1.29 is 8.42 Å². The summed E-state index contributed by atoms with van der Waals surface area (Å²) in [6.07, 6.45) is 4.08. The molecule has 3 heterocycles. The summed E-state index contributed by atoms with van der Waals surface area (Å²) in [5.74, 6) is 1.23. The SMILES string of the molecule is NS(=O)(=O)c1cccnc1N1CCCN(c2cccnn2)CC1. The van der Waals surface area contributed by atoms with Crippen molar-refractivity contribution in [1.29, 1.82) is 0 Å². The molecule has 1 aliphatic heterocycles. The van der Waals surface area contributed by atoms with Gasteiger partial charge in [-0.05, 0) is 30.7 Å². The van der Waals surface area contributed by atoms with Crippen LogP contribution in [-0.2, 0) is 10.0 Å². The summed E-state index contributed by atoms with van der Waals surface area (Å²) in [4.78, 5) is 8.38. The molecule has 9 heteroatoms. The molecule has 0 radical (unpaired) electrons. The van der Waals surface area contributed by atoms with Crippen molar-refractivity contribution in [3.05, 3.63) is 36.7 Å². The van der Waals surface area contributed by atoms with Gasteiger partial charge in [-0.15, -0.1) is 5.10 Å². The number of hydrogen-bond donors (Lipinski definition) is 1. The van der Waals surface area contributed by atoms with Crippen molar-refractivity contribution in [2.24, 2.45) is 5.14 Å². The van der Waals surface area contributed by atoms with E-state index in [4.69, 9.17) is 5.14 Å². The van der Waals surface area contributed by atoms with Crippen molar-refractivity contribution in [2.45, 2.75) is 11.3 Å². The van der Waals surface area contributed by atoms with Gasteiger partial charge in [0.1, 0.15) is 10.7 Å². The van der Waals surface area contributed by atoms with Gasteiger partial charge in [-0.3, -0.25) is 0 Å². The Kier molecular flexibility index (Phi) is 4.39. The van der Waals surface area contributed by atoms with Crippen LogP contribution >= 0.6 is 0 Å². The van der Waals surface area contributed by atoms with Crippen molar-refractivity contribution in [3.63, 3.8) is 0 Å². The topological polar surface area (TPSA) is 105 Å². The van der Waals surface area contributed by atoms with Crippen LogP contribution < -0.4 is 14.9 Å². The van der Waals surface area contributed by atoms with Gasteiger partial charge in [-0.25, -0.2) is 18.5 Å². The first kappa shape index (κ1) is 15.6. The standard InChI is InChI=1S/C14H18N6O2S/c15-23(21,22)12-4-1-6-16-14(12)20-9-3-8-19(10-11-20)13-5-2-7-17-18-13/h1-2,4-7H,3,8-11H2,(H2,15,21,22). The Balaban J connectivity index is 1.82. The van der Waals surface area contributed by atoms with E-state index in [9.17, 15) is 8.42 Å². The predicted molar refractivity (Wildman–Crippen MR) is 86.7 cm³/mol. The average molecular weight is 334 g/mol. The fraction of sp³-hybridized carbons (Fsp3) is 0.357. The molecule has 1 aliphatic rings. The van der Waals surface area contributed by atoms with Gasteiger partial charge in [0.05, 0.1) is 0 Å². The Hall–Kier alpha value is -2.26. The Morgan fingerprint density at radius 1 is 1.00 bits per heavy atom. The van der Waals surface area contributed by atoms with E-state index in [1.54, 1.807) is 18.5 Å². The van der Waals surface area contributed by atoms with Crippen LogP contribution in [0.15, 0.2) is 41.6 Å². The van der Waals surface area contributed by atoms with Crippen LogP contribution in [0.25, 0.3) is 0 Å². The molecule has 3 rings (SSSR count). The molecule has 0 spiro atoms. The second-order valence-electron chi connectivity index (χ2n) is 5.28. The number of sulfonamides is 1. The number of nitrogens with two attached hydrogens (primary N) is 1. The molecule has 2 aromatic rings. The summed E-state index contributed by atoms with van der Waals surface area (Å²) in [5.41, 5.74) is 0. The molecule has 0 atom stereocenters. The molecule has 0 unspecified atom stereocenters. The predicted octanol–water partition coefficient (Wildman–Crippen LogP) is 0.236. The molecule has 122 valence electrons. The highest BCUT2D eigenvalue weighted by atomic mass is 32.2. The highest BCUT2D eigenvalue weighted by Gasteiger charge is 2.22. The minimum Gasteiger partial charge on any atom is -0.354 e. The first-order valence-electron chi connectivity index (χ1n) is 7.31. The Bertz CT molecular complexity index is 768. The lowest BCUT2D eigenvalue weighted by Crippen LogP contribution is -2.32. The third kappa shape index (κ3) is 3.57. The highest BCUT2D eigenvalue weighted by Crippen LogP contribution is 2.23. The fourth-order valence-corrected chi connectivity index (χ4v) is 3.37. The number of primary sulfonamides is 1. The van der Waals surface area contributed by atoms with Gasteiger partial charge in [0, 0.05) is 38.6 Å². The van der Waals surface area contributed by atoms with Crippen LogP contribution in [0.5, 0.6) is 0 Å². The zero-order valence-electron chi connectivity index (χ0n) is 12.5. The van der Waals surface area contributed by atoms with Crippen molar-refractivity contribution in [3.8, 4) is 0 Å². The van der Waals surface area contributed by atoms with E-state index in [1.165, 1.54) is 6.07 Å². The van der Waals surface area contributed by atoms with Gasteiger partial charge in [-0.1, -0.05) is 0 Å². The molecule has 23 heavy (non-hydrogen) atoms. The number of nitrogens with zero attached hydrogens (tertiary/aromatic N) is 5. The first-order chi connectivity index (χ1) is 11.1. The lowest BCUT2D eigenvalue weighted by molar-refractivity contribution is 0.596. The summed E-state index contributed by atoms with van der Waals surface area (Å²) in [6.45, 7) is 2.87. The molecular weight excluding hydrogens is 316 g/mol. The van der Waals surface area contributed by atoms with Gasteiger partial charge in [-0.2, -0.15) is 5.10 Å². The van der Waals surface area contributed by atoms with Crippen LogP contribution in [-0.4, -0.2) is 49.8 Å². The van der Waals surface area contributed by atoms with E-state index in [2.05, 4.69) is 20.1 Å². The number of pyridine rings is 1.